The summed E-state index contributed by atoms with van der Waals surface area (Å²) >= 11 is -2.57. The van der Waals surface area contributed by atoms with Gasteiger partial charge in [0.2, 0.25) is 0 Å². The Balaban J connectivity index is 0.00000128. The summed E-state index contributed by atoms with van der Waals surface area (Å²) < 4.78 is 25.5. The van der Waals surface area contributed by atoms with E-state index in [1.165, 1.54) is 6.07 Å². The van der Waals surface area contributed by atoms with Gasteiger partial charge in [-0.25, -0.2) is 4.21 Å². The Bertz CT molecular complexity index is 532. The van der Waals surface area contributed by atoms with Crippen molar-refractivity contribution in [2.75, 3.05) is 5.73 Å². The molecule has 4 nitrogen and oxygen atoms in total. The van der Waals surface area contributed by atoms with E-state index in [1.807, 2.05) is 12.1 Å². The maximum atomic E-state index is 10.4. The Morgan fingerprint density at radius 3 is 2.38 bits per heavy atom. The van der Waals surface area contributed by atoms with E-state index in [4.69, 9.17) is 5.73 Å². The Kier molecular flexibility index (Phi) is 4.76. The number of nitrogens with two attached hydrogens (primary N) is 1. The molecule has 6 heteroatoms. The van der Waals surface area contributed by atoms with E-state index in [1.54, 1.807) is 18.2 Å². The average Bonchev–Trinajstić information content (AvgIpc) is 2.22. The van der Waals surface area contributed by atoms with Crippen LogP contribution in [0, 0.1) is 0 Å². The first-order chi connectivity index (χ1) is 7.18. The van der Waals surface area contributed by atoms with E-state index < -0.39 is 11.4 Å². The van der Waals surface area contributed by atoms with Crippen LogP contribution in [0.25, 0.3) is 10.8 Å². The minimum atomic E-state index is -2.57. The fourth-order valence-corrected chi connectivity index (χ4v) is 1.73. The van der Waals surface area contributed by atoms with Crippen LogP contribution in [0.3, 0.4) is 0 Å². The molecular weight excluding hydrogens is 237 g/mol. The normalized spacial score (nSPS) is 11.8. The van der Waals surface area contributed by atoms with Gasteiger partial charge in [0, 0.05) is 16.5 Å². The van der Waals surface area contributed by atoms with E-state index in [0.29, 0.717) is 11.1 Å². The summed E-state index contributed by atoms with van der Waals surface area (Å²) in [6, 6.07) is 10.3. The first-order valence-electron chi connectivity index (χ1n) is 4.23. The van der Waals surface area contributed by atoms with Gasteiger partial charge in [-0.2, -0.15) is 0 Å². The fourth-order valence-electron chi connectivity index (χ4n) is 1.44. The van der Waals surface area contributed by atoms with Gasteiger partial charge in [-0.05, 0) is 12.1 Å². The molecule has 2 aromatic rings. The van der Waals surface area contributed by atoms with Crippen LogP contribution in [0.2, 0.25) is 0 Å². The summed E-state index contributed by atoms with van der Waals surface area (Å²) in [5.41, 5.74) is 6.34. The summed E-state index contributed by atoms with van der Waals surface area (Å²) in [5, 5.41) is 1.46. The maximum Gasteiger partial charge on any atom is 1.00 e. The van der Waals surface area contributed by atoms with Gasteiger partial charge in [-0.1, -0.05) is 24.3 Å². The van der Waals surface area contributed by atoms with Crippen LogP contribution in [0.15, 0.2) is 36.4 Å². The quantitative estimate of drug-likeness (QED) is 0.401. The molecule has 0 saturated carbocycles. The fraction of sp³-hybridized carbons (Fsp3) is 0. The van der Waals surface area contributed by atoms with Crippen LogP contribution in [0.1, 0.15) is 0 Å². The van der Waals surface area contributed by atoms with Crippen molar-refractivity contribution in [3.05, 3.63) is 36.4 Å². The average molecular weight is 245 g/mol. The van der Waals surface area contributed by atoms with E-state index >= 15 is 0 Å². The van der Waals surface area contributed by atoms with Crippen molar-refractivity contribution in [1.82, 2.24) is 0 Å². The van der Waals surface area contributed by atoms with E-state index in [-0.39, 0.29) is 35.3 Å². The molecule has 0 spiro atoms. The predicted octanol–water partition coefficient (Wildman–Crippen LogP) is -1.40. The molecular formula is C10H8NNaO3S. The van der Waals surface area contributed by atoms with Crippen molar-refractivity contribution in [3.63, 3.8) is 0 Å². The van der Waals surface area contributed by atoms with Crippen LogP contribution in [0.4, 0.5) is 5.69 Å². The first-order valence-corrected chi connectivity index (χ1v) is 5.23. The minimum absolute atomic E-state index is 0. The Morgan fingerprint density at radius 2 is 1.75 bits per heavy atom. The van der Waals surface area contributed by atoms with Gasteiger partial charge in [-0.3, -0.25) is 0 Å². The number of fused-ring (bicyclic) bond motifs is 1. The molecule has 78 valence electrons. The van der Waals surface area contributed by atoms with Gasteiger partial charge >= 0.3 is 29.6 Å². The zero-order valence-electron chi connectivity index (χ0n) is 8.67. The molecule has 0 aliphatic rings. The SMILES string of the molecule is Nc1ccc(OS(=O)[O-])c2ccccc12.[Na+]. The van der Waals surface area contributed by atoms with Crippen molar-refractivity contribution in [2.45, 2.75) is 0 Å². The van der Waals surface area contributed by atoms with Crippen molar-refractivity contribution >= 4 is 27.8 Å². The summed E-state index contributed by atoms with van der Waals surface area (Å²) in [6.45, 7) is 0. The standard InChI is InChI=1S/C10H9NO3S.Na/c11-9-5-6-10(14-15(12)13)8-4-2-1-3-7(8)9;/h1-6H,11H2,(H,12,13);/q;+1/p-1. The number of hydrogen-bond acceptors (Lipinski definition) is 4. The van der Waals surface area contributed by atoms with Crippen LogP contribution in [-0.4, -0.2) is 8.76 Å². The molecule has 0 aliphatic heterocycles. The summed E-state index contributed by atoms with van der Waals surface area (Å²) in [7, 11) is 0. The zero-order chi connectivity index (χ0) is 10.8. The molecule has 0 bridgehead atoms. The second-order valence-corrected chi connectivity index (χ2v) is 3.56. The zero-order valence-corrected chi connectivity index (χ0v) is 11.5. The van der Waals surface area contributed by atoms with Crippen LogP contribution in [-0.2, 0) is 11.4 Å². The van der Waals surface area contributed by atoms with Gasteiger partial charge in [0.25, 0.3) is 0 Å². The van der Waals surface area contributed by atoms with Gasteiger partial charge in [0.05, 0.1) is 0 Å². The number of anilines is 1. The maximum absolute atomic E-state index is 10.4. The molecule has 0 amide bonds. The molecule has 2 aromatic carbocycles. The molecule has 1 unspecified atom stereocenters. The molecule has 0 heterocycles. The van der Waals surface area contributed by atoms with E-state index in [2.05, 4.69) is 4.18 Å². The van der Waals surface area contributed by atoms with E-state index in [9.17, 15) is 8.76 Å². The monoisotopic (exact) mass is 245 g/mol. The molecule has 2 N–H and O–H groups in total. The number of hydrogen-bond donors (Lipinski definition) is 1. The topological polar surface area (TPSA) is 75.4 Å². The second-order valence-electron chi connectivity index (χ2n) is 2.99. The van der Waals surface area contributed by atoms with Gasteiger partial charge in [-0.15, -0.1) is 0 Å². The van der Waals surface area contributed by atoms with Crippen LogP contribution < -0.4 is 39.5 Å². The largest absolute Gasteiger partial charge is 1.00 e. The minimum Gasteiger partial charge on any atom is -0.740 e. The third-order valence-corrected chi connectivity index (χ3v) is 2.39. The third kappa shape index (κ3) is 2.75. The summed E-state index contributed by atoms with van der Waals surface area (Å²) in [4.78, 5) is 0. The number of benzene rings is 2. The Labute approximate surface area is 118 Å². The molecule has 0 aliphatic carbocycles. The molecule has 0 saturated heterocycles. The smallest absolute Gasteiger partial charge is 0.740 e. The van der Waals surface area contributed by atoms with Crippen LogP contribution >= 0.6 is 0 Å². The molecule has 0 fully saturated rings. The van der Waals surface area contributed by atoms with Crippen molar-refractivity contribution in [3.8, 4) is 5.75 Å². The summed E-state index contributed by atoms with van der Waals surface area (Å²) in [6.07, 6.45) is 0. The Hall–Kier alpha value is -0.590. The van der Waals surface area contributed by atoms with Crippen LogP contribution in [0.5, 0.6) is 5.75 Å². The Morgan fingerprint density at radius 1 is 1.12 bits per heavy atom. The molecule has 2 rings (SSSR count). The summed E-state index contributed by atoms with van der Waals surface area (Å²) in [5.74, 6) is 0.285. The first kappa shape index (κ1) is 13.5. The van der Waals surface area contributed by atoms with Gasteiger partial charge < -0.3 is 14.5 Å². The number of nitrogen functional groups attached to an aromatic ring is 1. The molecule has 0 radical (unpaired) electrons. The molecule has 16 heavy (non-hydrogen) atoms. The predicted molar refractivity (Wildman–Crippen MR) is 57.9 cm³/mol. The molecule has 0 aromatic heterocycles. The molecule has 1 atom stereocenters. The van der Waals surface area contributed by atoms with Gasteiger partial charge in [0.15, 0.2) is 0 Å². The third-order valence-electron chi connectivity index (χ3n) is 2.08. The van der Waals surface area contributed by atoms with Crippen molar-refractivity contribution < 1.29 is 42.5 Å². The van der Waals surface area contributed by atoms with Crippen molar-refractivity contribution in [1.29, 1.82) is 0 Å². The van der Waals surface area contributed by atoms with Gasteiger partial charge in [0.1, 0.15) is 17.1 Å². The second kappa shape index (κ2) is 5.65. The van der Waals surface area contributed by atoms with E-state index in [0.717, 1.165) is 5.39 Å². The number of rotatable bonds is 2. The van der Waals surface area contributed by atoms with Crippen molar-refractivity contribution in [2.24, 2.45) is 0 Å².